The van der Waals surface area contributed by atoms with Gasteiger partial charge in [-0.05, 0) is 43.5 Å². The standard InChI is InChI=1S/C13H12ClF3O3/c1-6-3-8(14)4-7-5-12(2,11(18)19)10(13(15,16)17)20-9(6)7/h3-4,10H,5H2,1-2H3,(H,18,19). The van der Waals surface area contributed by atoms with Crippen molar-refractivity contribution in [3.8, 4) is 5.75 Å². The monoisotopic (exact) mass is 308 g/mol. The highest BCUT2D eigenvalue weighted by Gasteiger charge is 2.59. The van der Waals surface area contributed by atoms with Crippen molar-refractivity contribution >= 4 is 17.6 Å². The van der Waals surface area contributed by atoms with Crippen molar-refractivity contribution in [1.29, 1.82) is 0 Å². The fraction of sp³-hybridized carbons (Fsp3) is 0.462. The second-order valence-corrected chi connectivity index (χ2v) is 5.59. The lowest BCUT2D eigenvalue weighted by Gasteiger charge is -2.40. The molecule has 0 amide bonds. The Bertz CT molecular complexity index is 571. The summed E-state index contributed by atoms with van der Waals surface area (Å²) < 4.78 is 44.3. The van der Waals surface area contributed by atoms with Crippen LogP contribution >= 0.6 is 11.6 Å². The third-order valence-electron chi connectivity index (χ3n) is 3.47. The summed E-state index contributed by atoms with van der Waals surface area (Å²) in [7, 11) is 0. The number of aryl methyl sites for hydroxylation is 1. The topological polar surface area (TPSA) is 46.5 Å². The molecule has 2 unspecified atom stereocenters. The summed E-state index contributed by atoms with van der Waals surface area (Å²) in [5.74, 6) is -1.49. The molecule has 1 heterocycles. The van der Waals surface area contributed by atoms with Crippen molar-refractivity contribution in [1.82, 2.24) is 0 Å². The first-order valence-electron chi connectivity index (χ1n) is 5.81. The number of carboxylic acids is 1. The van der Waals surface area contributed by atoms with Gasteiger partial charge in [-0.25, -0.2) is 0 Å². The molecule has 1 N–H and O–H groups in total. The van der Waals surface area contributed by atoms with Gasteiger partial charge in [0.15, 0.2) is 0 Å². The van der Waals surface area contributed by atoms with E-state index in [0.29, 0.717) is 16.1 Å². The summed E-state index contributed by atoms with van der Waals surface area (Å²) >= 11 is 5.86. The zero-order chi connectivity index (χ0) is 15.3. The first-order valence-corrected chi connectivity index (χ1v) is 6.19. The highest BCUT2D eigenvalue weighted by atomic mass is 35.5. The summed E-state index contributed by atoms with van der Waals surface area (Å²) in [6.45, 7) is 2.61. The van der Waals surface area contributed by atoms with E-state index in [1.807, 2.05) is 0 Å². The molecular formula is C13H12ClF3O3. The van der Waals surface area contributed by atoms with Crippen LogP contribution in [-0.4, -0.2) is 23.4 Å². The fourth-order valence-electron chi connectivity index (χ4n) is 2.45. The van der Waals surface area contributed by atoms with Crippen molar-refractivity contribution in [3.05, 3.63) is 28.3 Å². The molecule has 110 valence electrons. The number of alkyl halides is 3. The Balaban J connectivity index is 2.59. The van der Waals surface area contributed by atoms with Crippen molar-refractivity contribution in [2.24, 2.45) is 5.41 Å². The van der Waals surface area contributed by atoms with Crippen LogP contribution < -0.4 is 4.74 Å². The van der Waals surface area contributed by atoms with E-state index in [0.717, 1.165) is 6.92 Å². The van der Waals surface area contributed by atoms with E-state index in [4.69, 9.17) is 16.3 Å². The van der Waals surface area contributed by atoms with Crippen LogP contribution in [0.5, 0.6) is 5.75 Å². The summed E-state index contributed by atoms with van der Waals surface area (Å²) in [4.78, 5) is 11.3. The molecule has 0 radical (unpaired) electrons. The third kappa shape index (κ3) is 2.32. The van der Waals surface area contributed by atoms with Gasteiger partial charge in [-0.1, -0.05) is 11.6 Å². The number of hydrogen-bond acceptors (Lipinski definition) is 2. The molecule has 0 aromatic heterocycles. The van der Waals surface area contributed by atoms with E-state index in [1.165, 1.54) is 12.1 Å². The highest BCUT2D eigenvalue weighted by Crippen LogP contribution is 2.47. The van der Waals surface area contributed by atoms with Crippen LogP contribution in [-0.2, 0) is 11.2 Å². The molecule has 2 atom stereocenters. The molecule has 7 heteroatoms. The van der Waals surface area contributed by atoms with E-state index in [9.17, 15) is 23.1 Å². The quantitative estimate of drug-likeness (QED) is 0.862. The van der Waals surface area contributed by atoms with E-state index < -0.39 is 23.7 Å². The van der Waals surface area contributed by atoms with E-state index >= 15 is 0 Å². The van der Waals surface area contributed by atoms with Crippen LogP contribution in [0.15, 0.2) is 12.1 Å². The second-order valence-electron chi connectivity index (χ2n) is 5.15. The van der Waals surface area contributed by atoms with E-state index in [-0.39, 0.29) is 12.2 Å². The molecular weight excluding hydrogens is 297 g/mol. The Hall–Kier alpha value is -1.43. The molecule has 20 heavy (non-hydrogen) atoms. The average Bonchev–Trinajstić information content (AvgIpc) is 2.25. The van der Waals surface area contributed by atoms with Crippen molar-refractivity contribution in [3.63, 3.8) is 0 Å². The second kappa shape index (κ2) is 4.55. The summed E-state index contributed by atoms with van der Waals surface area (Å²) in [6.07, 6.45) is -7.44. The van der Waals surface area contributed by atoms with Crippen LogP contribution in [0, 0.1) is 12.3 Å². The number of carboxylic acid groups (broad SMARTS) is 1. The van der Waals surface area contributed by atoms with Crippen molar-refractivity contribution in [2.75, 3.05) is 0 Å². The molecule has 1 aromatic rings. The lowest BCUT2D eigenvalue weighted by molar-refractivity contribution is -0.235. The van der Waals surface area contributed by atoms with E-state index in [1.54, 1.807) is 6.92 Å². The lowest BCUT2D eigenvalue weighted by atomic mass is 9.75. The molecule has 1 aliphatic rings. The van der Waals surface area contributed by atoms with Gasteiger partial charge in [-0.15, -0.1) is 0 Å². The Labute approximate surface area is 118 Å². The molecule has 1 aliphatic heterocycles. The Morgan fingerprint density at radius 3 is 2.60 bits per heavy atom. The summed E-state index contributed by atoms with van der Waals surface area (Å²) in [6, 6.07) is 2.93. The van der Waals surface area contributed by atoms with Gasteiger partial charge in [0.25, 0.3) is 0 Å². The van der Waals surface area contributed by atoms with Gasteiger partial charge < -0.3 is 9.84 Å². The molecule has 0 saturated heterocycles. The largest absolute Gasteiger partial charge is 0.481 e. The molecule has 0 bridgehead atoms. The maximum Gasteiger partial charge on any atom is 0.426 e. The average molecular weight is 309 g/mol. The summed E-state index contributed by atoms with van der Waals surface area (Å²) in [5.41, 5.74) is -1.25. The number of benzene rings is 1. The molecule has 0 fully saturated rings. The smallest absolute Gasteiger partial charge is 0.426 e. The number of rotatable bonds is 1. The molecule has 1 aromatic carbocycles. The minimum atomic E-state index is -4.77. The first kappa shape index (κ1) is 15.0. The van der Waals surface area contributed by atoms with Gasteiger partial charge in [0.05, 0.1) is 0 Å². The summed E-state index contributed by atoms with van der Waals surface area (Å²) in [5, 5.41) is 9.52. The molecule has 3 nitrogen and oxygen atoms in total. The number of aliphatic carboxylic acids is 1. The maximum atomic E-state index is 13.1. The minimum Gasteiger partial charge on any atom is -0.481 e. The lowest BCUT2D eigenvalue weighted by Crippen LogP contribution is -2.55. The van der Waals surface area contributed by atoms with Gasteiger partial charge in [-0.3, -0.25) is 4.79 Å². The molecule has 2 rings (SSSR count). The number of fused-ring (bicyclic) bond motifs is 1. The van der Waals surface area contributed by atoms with Crippen LogP contribution in [0.3, 0.4) is 0 Å². The Morgan fingerprint density at radius 2 is 2.10 bits per heavy atom. The normalized spacial score (nSPS) is 25.8. The predicted octanol–water partition coefficient (Wildman–Crippen LogP) is 3.61. The Morgan fingerprint density at radius 1 is 1.50 bits per heavy atom. The molecule has 0 spiro atoms. The first-order chi connectivity index (χ1) is 9.05. The number of halogens is 4. The van der Waals surface area contributed by atoms with Crippen LogP contribution in [0.2, 0.25) is 5.02 Å². The van der Waals surface area contributed by atoms with Crippen LogP contribution in [0.4, 0.5) is 13.2 Å². The zero-order valence-electron chi connectivity index (χ0n) is 10.7. The zero-order valence-corrected chi connectivity index (χ0v) is 11.5. The van der Waals surface area contributed by atoms with Gasteiger partial charge in [0.2, 0.25) is 6.10 Å². The number of carbonyl (C=O) groups is 1. The SMILES string of the molecule is Cc1cc(Cl)cc2c1OC(C(F)(F)F)C(C)(C(=O)O)C2. The number of hydrogen-bond donors (Lipinski definition) is 1. The minimum absolute atomic E-state index is 0.0652. The van der Waals surface area contributed by atoms with Gasteiger partial charge >= 0.3 is 12.1 Å². The van der Waals surface area contributed by atoms with E-state index in [2.05, 4.69) is 0 Å². The van der Waals surface area contributed by atoms with Crippen LogP contribution in [0.25, 0.3) is 0 Å². The predicted molar refractivity (Wildman–Crippen MR) is 66.1 cm³/mol. The van der Waals surface area contributed by atoms with Gasteiger partial charge in [0.1, 0.15) is 11.2 Å². The fourth-order valence-corrected chi connectivity index (χ4v) is 2.75. The molecule has 0 aliphatic carbocycles. The Kier molecular flexibility index (Phi) is 3.40. The maximum absolute atomic E-state index is 13.1. The third-order valence-corrected chi connectivity index (χ3v) is 3.69. The van der Waals surface area contributed by atoms with Crippen molar-refractivity contribution < 1.29 is 27.8 Å². The highest BCUT2D eigenvalue weighted by molar-refractivity contribution is 6.30. The van der Waals surface area contributed by atoms with Gasteiger partial charge in [-0.2, -0.15) is 13.2 Å². The molecule has 0 saturated carbocycles. The van der Waals surface area contributed by atoms with Crippen LogP contribution in [0.1, 0.15) is 18.1 Å². The van der Waals surface area contributed by atoms with Gasteiger partial charge in [0, 0.05) is 5.02 Å². The number of ether oxygens (including phenoxy) is 1. The van der Waals surface area contributed by atoms with Crippen molar-refractivity contribution in [2.45, 2.75) is 32.5 Å².